The van der Waals surface area contributed by atoms with Crippen LogP contribution in [0.1, 0.15) is 57.1 Å². The Bertz CT molecular complexity index is 1740. The lowest BCUT2D eigenvalue weighted by Gasteiger charge is -2.30. The monoisotopic (exact) mass is 616 g/mol. The van der Waals surface area contributed by atoms with E-state index in [2.05, 4.69) is 15.4 Å². The van der Waals surface area contributed by atoms with Crippen LogP contribution in [-0.2, 0) is 14.8 Å². The molecule has 13 heteroatoms. The number of anilines is 2. The van der Waals surface area contributed by atoms with Gasteiger partial charge in [-0.05, 0) is 75.3 Å². The number of benzene rings is 2. The standard InChI is InChI=1S/C30H35F3N6O3S/c1-17(2)39-29-23(18-7-9-20(10-8-18)35-11-12-42-3)16-36-30(34)27(29)28(37-39)22-14-25(33)26(15-24(22)32)38-43(40,41)21-6-4-5-19(31)13-21/h4-6,13-18,20,35,38H,7-12H2,1-3H3,(H2,34,36). The minimum atomic E-state index is -4.39. The first-order valence-corrected chi connectivity index (χ1v) is 15.6. The van der Waals surface area contributed by atoms with Crippen molar-refractivity contribution >= 4 is 32.4 Å². The second kappa shape index (κ2) is 12.5. The maximum Gasteiger partial charge on any atom is 0.262 e. The van der Waals surface area contributed by atoms with E-state index in [4.69, 9.17) is 10.5 Å². The summed E-state index contributed by atoms with van der Waals surface area (Å²) in [6.45, 7) is 5.31. The van der Waals surface area contributed by atoms with Crippen LogP contribution in [0.25, 0.3) is 22.2 Å². The van der Waals surface area contributed by atoms with Gasteiger partial charge in [-0.15, -0.1) is 0 Å². The summed E-state index contributed by atoms with van der Waals surface area (Å²) in [5, 5.41) is 8.62. The zero-order chi connectivity index (χ0) is 30.9. The third-order valence-corrected chi connectivity index (χ3v) is 9.20. The summed E-state index contributed by atoms with van der Waals surface area (Å²) in [4.78, 5) is 4.01. The summed E-state index contributed by atoms with van der Waals surface area (Å²) < 4.78 is 79.0. The van der Waals surface area contributed by atoms with Crippen LogP contribution in [0.4, 0.5) is 24.7 Å². The molecule has 4 N–H and O–H groups in total. The lowest BCUT2D eigenvalue weighted by Crippen LogP contribution is -2.34. The maximum absolute atomic E-state index is 15.7. The van der Waals surface area contributed by atoms with Crippen molar-refractivity contribution in [1.82, 2.24) is 20.1 Å². The molecule has 1 aliphatic rings. The van der Waals surface area contributed by atoms with Crippen LogP contribution in [0.2, 0.25) is 0 Å². The van der Waals surface area contributed by atoms with E-state index >= 15 is 8.78 Å². The number of nitrogens with zero attached hydrogens (tertiary/aromatic N) is 3. The first-order valence-electron chi connectivity index (χ1n) is 14.2. The number of ether oxygens (including phenoxy) is 1. The molecule has 4 aromatic rings. The number of hydrogen-bond acceptors (Lipinski definition) is 7. The van der Waals surface area contributed by atoms with Gasteiger partial charge >= 0.3 is 0 Å². The van der Waals surface area contributed by atoms with E-state index in [9.17, 15) is 12.8 Å². The van der Waals surface area contributed by atoms with Crippen LogP contribution in [0.15, 0.2) is 47.5 Å². The molecule has 1 aliphatic carbocycles. The van der Waals surface area contributed by atoms with E-state index in [-0.39, 0.29) is 29.0 Å². The predicted molar refractivity (Wildman–Crippen MR) is 160 cm³/mol. The molecule has 43 heavy (non-hydrogen) atoms. The fraction of sp³-hybridized carbons (Fsp3) is 0.400. The smallest absolute Gasteiger partial charge is 0.262 e. The van der Waals surface area contributed by atoms with E-state index in [0.717, 1.165) is 73.6 Å². The first kappa shape index (κ1) is 30.8. The molecule has 9 nitrogen and oxygen atoms in total. The summed E-state index contributed by atoms with van der Waals surface area (Å²) in [7, 11) is -2.71. The number of sulfonamides is 1. The second-order valence-corrected chi connectivity index (χ2v) is 12.8. The molecule has 1 fully saturated rings. The average molecular weight is 617 g/mol. The average Bonchev–Trinajstić information content (AvgIpc) is 3.37. The highest BCUT2D eigenvalue weighted by atomic mass is 32.2. The van der Waals surface area contributed by atoms with Gasteiger partial charge in [-0.3, -0.25) is 9.40 Å². The third-order valence-electron chi connectivity index (χ3n) is 7.84. The van der Waals surface area contributed by atoms with Crippen molar-refractivity contribution < 1.29 is 26.3 Å². The van der Waals surface area contributed by atoms with Gasteiger partial charge in [0.25, 0.3) is 10.0 Å². The van der Waals surface area contributed by atoms with Crippen molar-refractivity contribution in [2.45, 2.75) is 62.4 Å². The number of nitrogens with one attached hydrogen (secondary N) is 2. The number of pyridine rings is 1. The number of nitrogen functional groups attached to an aromatic ring is 1. The van der Waals surface area contributed by atoms with Gasteiger partial charge in [-0.2, -0.15) is 5.10 Å². The van der Waals surface area contributed by atoms with Crippen LogP contribution < -0.4 is 15.8 Å². The van der Waals surface area contributed by atoms with Crippen molar-refractivity contribution in [2.75, 3.05) is 30.7 Å². The molecule has 2 aromatic heterocycles. The highest BCUT2D eigenvalue weighted by Crippen LogP contribution is 2.42. The quantitative estimate of drug-likeness (QED) is 0.194. The Hall–Kier alpha value is -3.68. The number of hydrogen-bond donors (Lipinski definition) is 3. The molecule has 0 atom stereocenters. The predicted octanol–water partition coefficient (Wildman–Crippen LogP) is 5.74. The summed E-state index contributed by atoms with van der Waals surface area (Å²) in [5.41, 5.74) is 7.33. The van der Waals surface area contributed by atoms with E-state index in [0.29, 0.717) is 18.0 Å². The fourth-order valence-corrected chi connectivity index (χ4v) is 6.79. The van der Waals surface area contributed by atoms with Gasteiger partial charge in [0.05, 0.1) is 28.1 Å². The molecule has 230 valence electrons. The van der Waals surface area contributed by atoms with Gasteiger partial charge in [0.2, 0.25) is 0 Å². The van der Waals surface area contributed by atoms with E-state index in [1.807, 2.05) is 18.6 Å². The summed E-state index contributed by atoms with van der Waals surface area (Å²) in [6, 6.07) is 6.11. The van der Waals surface area contributed by atoms with Crippen molar-refractivity contribution in [3.05, 3.63) is 65.6 Å². The van der Waals surface area contributed by atoms with Crippen molar-refractivity contribution in [3.63, 3.8) is 0 Å². The Morgan fingerprint density at radius 1 is 1.09 bits per heavy atom. The molecule has 0 saturated heterocycles. The van der Waals surface area contributed by atoms with Crippen LogP contribution in [0.3, 0.4) is 0 Å². The number of rotatable bonds is 10. The fourth-order valence-electron chi connectivity index (χ4n) is 5.70. The van der Waals surface area contributed by atoms with Crippen molar-refractivity contribution in [3.8, 4) is 11.3 Å². The van der Waals surface area contributed by atoms with Crippen molar-refractivity contribution in [2.24, 2.45) is 0 Å². The highest BCUT2D eigenvalue weighted by molar-refractivity contribution is 7.92. The number of aromatic nitrogens is 3. The molecule has 0 radical (unpaired) electrons. The van der Waals surface area contributed by atoms with E-state index in [1.165, 1.54) is 6.07 Å². The van der Waals surface area contributed by atoms with Crippen LogP contribution in [0, 0.1) is 17.5 Å². The Morgan fingerprint density at radius 2 is 1.84 bits per heavy atom. The molecule has 0 amide bonds. The van der Waals surface area contributed by atoms with Gasteiger partial charge in [0.1, 0.15) is 29.0 Å². The SMILES string of the molecule is COCCNC1CCC(c2cnc(N)c3c(-c4cc(F)c(NS(=O)(=O)c5cccc(F)c5)cc4F)nn(C(C)C)c23)CC1. The lowest BCUT2D eigenvalue weighted by molar-refractivity contribution is 0.191. The highest BCUT2D eigenvalue weighted by Gasteiger charge is 2.29. The van der Waals surface area contributed by atoms with Crippen LogP contribution in [0.5, 0.6) is 0 Å². The minimum absolute atomic E-state index is 0.112. The van der Waals surface area contributed by atoms with Crippen molar-refractivity contribution in [1.29, 1.82) is 0 Å². The van der Waals surface area contributed by atoms with Gasteiger partial charge in [-0.1, -0.05) is 6.07 Å². The molecule has 0 spiro atoms. The van der Waals surface area contributed by atoms with Gasteiger partial charge < -0.3 is 15.8 Å². The molecule has 2 aromatic carbocycles. The molecule has 0 aliphatic heterocycles. The van der Waals surface area contributed by atoms with E-state index < -0.39 is 38.1 Å². The Kier molecular flexibility index (Phi) is 8.95. The number of halogens is 3. The largest absolute Gasteiger partial charge is 0.383 e. The zero-order valence-electron chi connectivity index (χ0n) is 24.2. The molecular weight excluding hydrogens is 581 g/mol. The summed E-state index contributed by atoms with van der Waals surface area (Å²) >= 11 is 0. The Morgan fingerprint density at radius 3 is 2.51 bits per heavy atom. The summed E-state index contributed by atoms with van der Waals surface area (Å²) in [6.07, 6.45) is 5.51. The topological polar surface area (TPSA) is 124 Å². The minimum Gasteiger partial charge on any atom is -0.383 e. The molecule has 0 unspecified atom stereocenters. The Labute approximate surface area is 248 Å². The van der Waals surface area contributed by atoms with E-state index in [1.54, 1.807) is 18.0 Å². The number of nitrogens with two attached hydrogens (primary N) is 1. The zero-order valence-corrected chi connectivity index (χ0v) is 25.0. The van der Waals surface area contributed by atoms with Crippen LogP contribution >= 0.6 is 0 Å². The molecule has 0 bridgehead atoms. The molecular formula is C30H35F3N6O3S. The maximum atomic E-state index is 15.7. The second-order valence-electron chi connectivity index (χ2n) is 11.1. The van der Waals surface area contributed by atoms with Crippen LogP contribution in [-0.4, -0.2) is 49.5 Å². The normalized spacial score (nSPS) is 17.6. The molecule has 2 heterocycles. The van der Waals surface area contributed by atoms with Gasteiger partial charge in [-0.25, -0.2) is 26.6 Å². The Balaban J connectivity index is 1.52. The lowest BCUT2D eigenvalue weighted by atomic mass is 9.81. The third kappa shape index (κ3) is 6.34. The van der Waals surface area contributed by atoms with Gasteiger partial charge in [0.15, 0.2) is 0 Å². The first-order chi connectivity index (χ1) is 20.5. The summed E-state index contributed by atoms with van der Waals surface area (Å²) in [5.74, 6) is -2.42. The molecule has 1 saturated carbocycles. The number of fused-ring (bicyclic) bond motifs is 1. The van der Waals surface area contributed by atoms with Gasteiger partial charge in [0, 0.05) is 43.6 Å². The molecule has 5 rings (SSSR count). The number of methoxy groups -OCH3 is 1.